The van der Waals surface area contributed by atoms with Gasteiger partial charge in [0.15, 0.2) is 5.43 Å². The van der Waals surface area contributed by atoms with Gasteiger partial charge in [-0.1, -0.05) is 12.1 Å². The second kappa shape index (κ2) is 7.94. The lowest BCUT2D eigenvalue weighted by Crippen LogP contribution is -2.38. The van der Waals surface area contributed by atoms with Crippen LogP contribution in [0.1, 0.15) is 0 Å². The van der Waals surface area contributed by atoms with Crippen molar-refractivity contribution in [1.29, 1.82) is 0 Å². The first-order valence-corrected chi connectivity index (χ1v) is 9.34. The summed E-state index contributed by atoms with van der Waals surface area (Å²) < 4.78 is 13.3. The maximum atomic E-state index is 12.4. The Morgan fingerprint density at radius 3 is 2.56 bits per heavy atom. The van der Waals surface area contributed by atoms with Gasteiger partial charge in [-0.05, 0) is 42.0 Å². The number of rotatable bonds is 5. The van der Waals surface area contributed by atoms with Gasteiger partial charge in [-0.3, -0.25) is 9.69 Å². The molecule has 5 heteroatoms. The monoisotopic (exact) mass is 364 g/mol. The second-order valence-corrected chi connectivity index (χ2v) is 6.80. The fourth-order valence-corrected chi connectivity index (χ4v) is 3.52. The van der Waals surface area contributed by atoms with Gasteiger partial charge >= 0.3 is 0 Å². The van der Waals surface area contributed by atoms with Crippen LogP contribution in [0.2, 0.25) is 0 Å². The molecule has 3 aromatic rings. The number of nitrogens with zero attached hydrogens (tertiary/aromatic N) is 2. The Labute approximate surface area is 158 Å². The number of aryl methyl sites for hydroxylation is 1. The molecule has 0 saturated carbocycles. The van der Waals surface area contributed by atoms with Gasteiger partial charge in [0.05, 0.1) is 24.4 Å². The molecule has 0 amide bonds. The van der Waals surface area contributed by atoms with Crippen LogP contribution in [0.3, 0.4) is 0 Å². The van der Waals surface area contributed by atoms with Crippen LogP contribution in [-0.2, 0) is 11.8 Å². The Morgan fingerprint density at radius 2 is 1.78 bits per heavy atom. The third-order valence-corrected chi connectivity index (χ3v) is 5.09. The van der Waals surface area contributed by atoms with E-state index in [1.165, 1.54) is 0 Å². The molecule has 0 bridgehead atoms. The molecule has 1 aliphatic heterocycles. The topological polar surface area (TPSA) is 43.7 Å². The first-order chi connectivity index (χ1) is 13.2. The summed E-state index contributed by atoms with van der Waals surface area (Å²) in [5, 5.41) is 0.742. The molecule has 2 heterocycles. The number of ether oxygens (including phenoxy) is 2. The summed E-state index contributed by atoms with van der Waals surface area (Å²) >= 11 is 0. The molecule has 1 aromatic heterocycles. The smallest absolute Gasteiger partial charge is 0.190 e. The molecule has 0 unspecified atom stereocenters. The average molecular weight is 364 g/mol. The maximum Gasteiger partial charge on any atom is 0.190 e. The lowest BCUT2D eigenvalue weighted by Gasteiger charge is -2.26. The summed E-state index contributed by atoms with van der Waals surface area (Å²) in [5.41, 5.74) is 2.88. The number of hydrogen-bond acceptors (Lipinski definition) is 4. The molecule has 0 atom stereocenters. The van der Waals surface area contributed by atoms with Crippen LogP contribution in [0.25, 0.3) is 22.2 Å². The number of para-hydroxylation sites is 1. The standard InChI is InChI=1S/C22H24N2O3/c1-23-20-5-3-2-4-19(20)22(25)16-21(23)17-6-8-18(9-7-17)27-15-12-24-10-13-26-14-11-24/h2-9,16H,10-15H2,1H3. The van der Waals surface area contributed by atoms with Crippen molar-refractivity contribution < 1.29 is 9.47 Å². The van der Waals surface area contributed by atoms with E-state index in [2.05, 4.69) is 9.47 Å². The molecule has 27 heavy (non-hydrogen) atoms. The zero-order chi connectivity index (χ0) is 18.6. The van der Waals surface area contributed by atoms with Crippen LogP contribution < -0.4 is 10.2 Å². The van der Waals surface area contributed by atoms with Crippen LogP contribution >= 0.6 is 0 Å². The van der Waals surface area contributed by atoms with Crippen molar-refractivity contribution in [2.24, 2.45) is 7.05 Å². The number of fused-ring (bicyclic) bond motifs is 1. The lowest BCUT2D eigenvalue weighted by molar-refractivity contribution is 0.0322. The Hall–Kier alpha value is -2.63. The normalized spacial score (nSPS) is 15.1. The quantitative estimate of drug-likeness (QED) is 0.698. The van der Waals surface area contributed by atoms with E-state index in [9.17, 15) is 4.79 Å². The third-order valence-electron chi connectivity index (χ3n) is 5.09. The van der Waals surface area contributed by atoms with E-state index in [1.807, 2.05) is 55.6 Å². The highest BCUT2D eigenvalue weighted by Gasteiger charge is 2.10. The maximum absolute atomic E-state index is 12.4. The molecule has 1 aliphatic rings. The van der Waals surface area contributed by atoms with E-state index in [0.717, 1.165) is 60.8 Å². The summed E-state index contributed by atoms with van der Waals surface area (Å²) in [6.07, 6.45) is 0. The van der Waals surface area contributed by atoms with Crippen molar-refractivity contribution in [3.8, 4) is 17.0 Å². The van der Waals surface area contributed by atoms with Crippen molar-refractivity contribution in [3.63, 3.8) is 0 Å². The van der Waals surface area contributed by atoms with E-state index in [-0.39, 0.29) is 5.43 Å². The zero-order valence-electron chi connectivity index (χ0n) is 15.6. The average Bonchev–Trinajstić information content (AvgIpc) is 2.72. The first-order valence-electron chi connectivity index (χ1n) is 9.34. The number of benzene rings is 2. The number of morpholine rings is 1. The molecule has 0 radical (unpaired) electrons. The van der Waals surface area contributed by atoms with Crippen molar-refractivity contribution >= 4 is 10.9 Å². The van der Waals surface area contributed by atoms with Crippen molar-refractivity contribution in [3.05, 3.63) is 64.8 Å². The van der Waals surface area contributed by atoms with Gasteiger partial charge in [-0.25, -0.2) is 0 Å². The molecule has 0 aliphatic carbocycles. The Bertz CT molecular complexity index is 973. The summed E-state index contributed by atoms with van der Waals surface area (Å²) in [7, 11) is 1.99. The van der Waals surface area contributed by atoms with Gasteiger partial charge in [0.1, 0.15) is 12.4 Å². The van der Waals surface area contributed by atoms with Crippen LogP contribution in [0.5, 0.6) is 5.75 Å². The Morgan fingerprint density at radius 1 is 1.04 bits per heavy atom. The van der Waals surface area contributed by atoms with Gasteiger partial charge in [0, 0.05) is 38.1 Å². The highest BCUT2D eigenvalue weighted by atomic mass is 16.5. The predicted molar refractivity (Wildman–Crippen MR) is 107 cm³/mol. The van der Waals surface area contributed by atoms with Gasteiger partial charge in [0.2, 0.25) is 0 Å². The molecule has 4 rings (SSSR count). The van der Waals surface area contributed by atoms with E-state index in [4.69, 9.17) is 9.47 Å². The Kier molecular flexibility index (Phi) is 5.23. The van der Waals surface area contributed by atoms with E-state index in [1.54, 1.807) is 6.07 Å². The first kappa shape index (κ1) is 17.8. The number of hydrogen-bond donors (Lipinski definition) is 0. The molecule has 0 spiro atoms. The zero-order valence-corrected chi connectivity index (χ0v) is 15.6. The van der Waals surface area contributed by atoms with Crippen molar-refractivity contribution in [1.82, 2.24) is 9.47 Å². The summed E-state index contributed by atoms with van der Waals surface area (Å²) in [6.45, 7) is 5.12. The molecular weight excluding hydrogens is 340 g/mol. The highest BCUT2D eigenvalue weighted by Crippen LogP contribution is 2.24. The predicted octanol–water partition coefficient (Wildman–Crippen LogP) is 2.92. The molecule has 1 saturated heterocycles. The fraction of sp³-hybridized carbons (Fsp3) is 0.318. The minimum absolute atomic E-state index is 0.0459. The van der Waals surface area contributed by atoms with Crippen LogP contribution in [0.4, 0.5) is 0 Å². The molecule has 2 aromatic carbocycles. The second-order valence-electron chi connectivity index (χ2n) is 6.80. The van der Waals surface area contributed by atoms with E-state index in [0.29, 0.717) is 6.61 Å². The summed E-state index contributed by atoms with van der Waals surface area (Å²) in [5.74, 6) is 0.845. The van der Waals surface area contributed by atoms with Gasteiger partial charge in [-0.2, -0.15) is 0 Å². The molecule has 140 valence electrons. The lowest BCUT2D eigenvalue weighted by atomic mass is 10.1. The minimum Gasteiger partial charge on any atom is -0.492 e. The van der Waals surface area contributed by atoms with Crippen LogP contribution in [0.15, 0.2) is 59.4 Å². The number of pyridine rings is 1. The van der Waals surface area contributed by atoms with Gasteiger partial charge in [-0.15, -0.1) is 0 Å². The van der Waals surface area contributed by atoms with Crippen LogP contribution in [0, 0.1) is 0 Å². The van der Waals surface area contributed by atoms with Crippen molar-refractivity contribution in [2.75, 3.05) is 39.5 Å². The molecule has 5 nitrogen and oxygen atoms in total. The number of aromatic nitrogens is 1. The SMILES string of the molecule is Cn1c(-c2ccc(OCCN3CCOCC3)cc2)cc(=O)c2ccccc21. The van der Waals surface area contributed by atoms with Gasteiger partial charge in [0.25, 0.3) is 0 Å². The van der Waals surface area contributed by atoms with Crippen LogP contribution in [-0.4, -0.2) is 48.9 Å². The highest BCUT2D eigenvalue weighted by molar-refractivity contribution is 5.82. The third kappa shape index (κ3) is 3.89. The summed E-state index contributed by atoms with van der Waals surface area (Å²) in [6, 6.07) is 17.3. The minimum atomic E-state index is 0.0459. The molecule has 0 N–H and O–H groups in total. The largest absolute Gasteiger partial charge is 0.492 e. The van der Waals surface area contributed by atoms with E-state index < -0.39 is 0 Å². The van der Waals surface area contributed by atoms with Crippen molar-refractivity contribution in [2.45, 2.75) is 0 Å². The Balaban J connectivity index is 1.48. The summed E-state index contributed by atoms with van der Waals surface area (Å²) in [4.78, 5) is 14.8. The molecular formula is C22H24N2O3. The fourth-order valence-electron chi connectivity index (χ4n) is 3.52. The molecule has 1 fully saturated rings. The van der Waals surface area contributed by atoms with Gasteiger partial charge < -0.3 is 14.0 Å². The van der Waals surface area contributed by atoms with E-state index >= 15 is 0 Å².